The van der Waals surface area contributed by atoms with Gasteiger partial charge in [-0.05, 0) is 25.3 Å². The third kappa shape index (κ3) is 6.09. The van der Waals surface area contributed by atoms with Crippen LogP contribution in [0.1, 0.15) is 39.5 Å². The van der Waals surface area contributed by atoms with Crippen LogP contribution in [0.5, 0.6) is 0 Å². The quantitative estimate of drug-likeness (QED) is 0.317. The van der Waals surface area contributed by atoms with Crippen molar-refractivity contribution in [3.63, 3.8) is 0 Å². The summed E-state index contributed by atoms with van der Waals surface area (Å²) in [6.07, 6.45) is 2.73. The molecule has 0 spiro atoms. The smallest absolute Gasteiger partial charge is 0.330 e. The van der Waals surface area contributed by atoms with Crippen molar-refractivity contribution in [2.75, 3.05) is 6.54 Å². The van der Waals surface area contributed by atoms with Crippen molar-refractivity contribution in [1.29, 1.82) is 0 Å². The SMILES string of the molecule is CC[C@H](C)[C@H](N)C(=O)OC(=O)[C@@H](N)CCCCN. The number of nitrogens with two attached hydrogens (primary N) is 3. The van der Waals surface area contributed by atoms with Crippen molar-refractivity contribution >= 4 is 11.9 Å². The molecule has 0 saturated carbocycles. The highest BCUT2D eigenvalue weighted by atomic mass is 16.6. The zero-order valence-corrected chi connectivity index (χ0v) is 11.2. The minimum atomic E-state index is -0.787. The first-order valence-corrected chi connectivity index (χ1v) is 6.40. The van der Waals surface area contributed by atoms with E-state index in [1.54, 1.807) is 0 Å². The molecule has 6 heteroatoms. The Labute approximate surface area is 108 Å². The largest absolute Gasteiger partial charge is 0.391 e. The van der Waals surface area contributed by atoms with Crippen molar-refractivity contribution in [2.45, 2.75) is 51.6 Å². The molecule has 0 aromatic heterocycles. The molecule has 3 atom stereocenters. The Bertz CT molecular complexity index is 271. The van der Waals surface area contributed by atoms with E-state index in [1.807, 2.05) is 13.8 Å². The number of ether oxygens (including phenoxy) is 1. The molecule has 106 valence electrons. The maximum atomic E-state index is 11.5. The lowest BCUT2D eigenvalue weighted by molar-refractivity contribution is -0.162. The second-order valence-electron chi connectivity index (χ2n) is 4.54. The molecular weight excluding hydrogens is 234 g/mol. The van der Waals surface area contributed by atoms with Gasteiger partial charge in [-0.15, -0.1) is 0 Å². The third-order valence-electron chi connectivity index (χ3n) is 3.00. The third-order valence-corrected chi connectivity index (χ3v) is 3.00. The molecule has 0 aliphatic rings. The highest BCUT2D eigenvalue weighted by molar-refractivity contribution is 5.90. The predicted octanol–water partition coefficient (Wildman–Crippen LogP) is -0.114. The number of esters is 2. The zero-order chi connectivity index (χ0) is 14.1. The summed E-state index contributed by atoms with van der Waals surface area (Å²) in [4.78, 5) is 23.1. The molecule has 6 N–H and O–H groups in total. The Kier molecular flexibility index (Phi) is 8.53. The van der Waals surface area contributed by atoms with Gasteiger partial charge in [-0.3, -0.25) is 0 Å². The number of carbonyl (C=O) groups is 2. The average molecular weight is 259 g/mol. The molecule has 0 aliphatic carbocycles. The molecule has 0 unspecified atom stereocenters. The van der Waals surface area contributed by atoms with Gasteiger partial charge >= 0.3 is 11.9 Å². The summed E-state index contributed by atoms with van der Waals surface area (Å²) < 4.78 is 4.67. The van der Waals surface area contributed by atoms with Crippen LogP contribution >= 0.6 is 0 Å². The number of unbranched alkanes of at least 4 members (excludes halogenated alkanes) is 1. The number of hydrogen-bond acceptors (Lipinski definition) is 6. The van der Waals surface area contributed by atoms with Crippen LogP contribution in [0.4, 0.5) is 0 Å². The Morgan fingerprint density at radius 1 is 1.17 bits per heavy atom. The molecule has 0 heterocycles. The number of carbonyl (C=O) groups excluding carboxylic acids is 2. The van der Waals surface area contributed by atoms with Gasteiger partial charge in [0.15, 0.2) is 0 Å². The number of rotatable bonds is 8. The van der Waals surface area contributed by atoms with Crippen molar-refractivity contribution in [3.8, 4) is 0 Å². The molecule has 0 saturated heterocycles. The van der Waals surface area contributed by atoms with Gasteiger partial charge in [0.2, 0.25) is 0 Å². The van der Waals surface area contributed by atoms with E-state index < -0.39 is 24.0 Å². The fourth-order valence-corrected chi connectivity index (χ4v) is 1.36. The minimum absolute atomic E-state index is 0.0289. The van der Waals surface area contributed by atoms with Gasteiger partial charge in [0.05, 0.1) is 0 Å². The molecule has 0 rings (SSSR count). The van der Waals surface area contributed by atoms with E-state index in [2.05, 4.69) is 4.74 Å². The maximum Gasteiger partial charge on any atom is 0.330 e. The summed E-state index contributed by atoms with van der Waals surface area (Å²) in [6, 6.07) is -1.57. The van der Waals surface area contributed by atoms with Gasteiger partial charge < -0.3 is 21.9 Å². The summed E-state index contributed by atoms with van der Waals surface area (Å²) in [5, 5.41) is 0. The van der Waals surface area contributed by atoms with Crippen LogP contribution in [-0.2, 0) is 14.3 Å². The molecule has 0 aromatic carbocycles. The Morgan fingerprint density at radius 3 is 2.28 bits per heavy atom. The van der Waals surface area contributed by atoms with Gasteiger partial charge in [0.25, 0.3) is 0 Å². The van der Waals surface area contributed by atoms with Crippen LogP contribution in [0.2, 0.25) is 0 Å². The van der Waals surface area contributed by atoms with Crippen LogP contribution < -0.4 is 17.2 Å². The monoisotopic (exact) mass is 259 g/mol. The molecule has 18 heavy (non-hydrogen) atoms. The molecule has 0 fully saturated rings. The summed E-state index contributed by atoms with van der Waals surface area (Å²) >= 11 is 0. The van der Waals surface area contributed by atoms with Gasteiger partial charge in [-0.1, -0.05) is 26.7 Å². The van der Waals surface area contributed by atoms with Crippen LogP contribution in [0, 0.1) is 5.92 Å². The van der Waals surface area contributed by atoms with E-state index in [9.17, 15) is 9.59 Å². The number of hydrogen-bond donors (Lipinski definition) is 3. The van der Waals surface area contributed by atoms with Crippen molar-refractivity contribution in [3.05, 3.63) is 0 Å². The predicted molar refractivity (Wildman–Crippen MR) is 69.4 cm³/mol. The summed E-state index contributed by atoms with van der Waals surface area (Å²) in [7, 11) is 0. The topological polar surface area (TPSA) is 121 Å². The van der Waals surface area contributed by atoms with Gasteiger partial charge in [-0.2, -0.15) is 0 Å². The molecule has 0 amide bonds. The van der Waals surface area contributed by atoms with Crippen LogP contribution in [0.25, 0.3) is 0 Å². The highest BCUT2D eigenvalue weighted by Gasteiger charge is 2.25. The fraction of sp³-hybridized carbons (Fsp3) is 0.833. The standard InChI is InChI=1S/C12H25N3O3/c1-3-8(2)10(15)12(17)18-11(16)9(14)6-4-5-7-13/h8-10H,3-7,13-15H2,1-2H3/t8-,9-,10-/m0/s1. The van der Waals surface area contributed by atoms with Crippen molar-refractivity contribution in [2.24, 2.45) is 23.1 Å². The minimum Gasteiger partial charge on any atom is -0.391 e. The Balaban J connectivity index is 4.10. The first-order valence-electron chi connectivity index (χ1n) is 6.40. The first kappa shape index (κ1) is 17.0. The van der Waals surface area contributed by atoms with Gasteiger partial charge in [0, 0.05) is 0 Å². The summed E-state index contributed by atoms with van der Waals surface area (Å²) in [5.74, 6) is -1.45. The molecule has 0 bridgehead atoms. The van der Waals surface area contributed by atoms with Crippen LogP contribution in [-0.4, -0.2) is 30.6 Å². The van der Waals surface area contributed by atoms with E-state index in [-0.39, 0.29) is 5.92 Å². The lowest BCUT2D eigenvalue weighted by atomic mass is 10.0. The molecule has 0 aliphatic heterocycles. The van der Waals surface area contributed by atoms with E-state index in [0.29, 0.717) is 13.0 Å². The second kappa shape index (κ2) is 9.02. The molecular formula is C12H25N3O3. The van der Waals surface area contributed by atoms with E-state index in [0.717, 1.165) is 19.3 Å². The fourth-order valence-electron chi connectivity index (χ4n) is 1.36. The lowest BCUT2D eigenvalue weighted by Crippen LogP contribution is -2.42. The van der Waals surface area contributed by atoms with E-state index in [1.165, 1.54) is 0 Å². The molecule has 6 nitrogen and oxygen atoms in total. The van der Waals surface area contributed by atoms with Crippen LogP contribution in [0.3, 0.4) is 0 Å². The highest BCUT2D eigenvalue weighted by Crippen LogP contribution is 2.08. The van der Waals surface area contributed by atoms with E-state index in [4.69, 9.17) is 17.2 Å². The van der Waals surface area contributed by atoms with E-state index >= 15 is 0 Å². The second-order valence-corrected chi connectivity index (χ2v) is 4.54. The Morgan fingerprint density at radius 2 is 1.78 bits per heavy atom. The summed E-state index contributed by atoms with van der Waals surface area (Å²) in [6.45, 7) is 4.30. The van der Waals surface area contributed by atoms with Crippen LogP contribution in [0.15, 0.2) is 0 Å². The van der Waals surface area contributed by atoms with Crippen molar-refractivity contribution in [1.82, 2.24) is 0 Å². The molecule has 0 radical (unpaired) electrons. The normalized spacial score (nSPS) is 15.8. The van der Waals surface area contributed by atoms with Crippen molar-refractivity contribution < 1.29 is 14.3 Å². The molecule has 0 aromatic rings. The average Bonchev–Trinajstić information content (AvgIpc) is 2.36. The lowest BCUT2D eigenvalue weighted by Gasteiger charge is -2.17. The zero-order valence-electron chi connectivity index (χ0n) is 11.2. The maximum absolute atomic E-state index is 11.5. The van der Waals surface area contributed by atoms with Gasteiger partial charge in [-0.25, -0.2) is 9.59 Å². The summed E-state index contributed by atoms with van der Waals surface area (Å²) in [5.41, 5.74) is 16.6. The van der Waals surface area contributed by atoms with Gasteiger partial charge in [0.1, 0.15) is 12.1 Å². The first-order chi connectivity index (χ1) is 8.43. The Hall–Kier alpha value is -0.980.